The van der Waals surface area contributed by atoms with Crippen molar-refractivity contribution in [3.8, 4) is 0 Å². The predicted octanol–water partition coefficient (Wildman–Crippen LogP) is 3.57. The smallest absolute Gasteiger partial charge is 0.319 e. The average Bonchev–Trinajstić information content (AvgIpc) is 3.17. The summed E-state index contributed by atoms with van der Waals surface area (Å²) in [5, 5.41) is 6.31. The number of carbonyl (C=O) groups excluding carboxylic acids is 1. The van der Waals surface area contributed by atoms with Crippen molar-refractivity contribution in [1.82, 2.24) is 10.6 Å². The van der Waals surface area contributed by atoms with Gasteiger partial charge in [-0.3, -0.25) is 0 Å². The Morgan fingerprint density at radius 1 is 1.05 bits per heavy atom. The van der Waals surface area contributed by atoms with Crippen molar-refractivity contribution in [2.75, 3.05) is 0 Å². The Morgan fingerprint density at radius 3 is 2.10 bits per heavy atom. The van der Waals surface area contributed by atoms with Gasteiger partial charge in [0.15, 0.2) is 0 Å². The molecule has 0 atom stereocenters. The molecule has 0 saturated heterocycles. The molecule has 110 valence electrons. The van der Waals surface area contributed by atoms with Crippen LogP contribution in [0, 0.1) is 23.7 Å². The first-order valence-electron chi connectivity index (χ1n) is 8.37. The van der Waals surface area contributed by atoms with Crippen LogP contribution in [-0.2, 0) is 0 Å². The van der Waals surface area contributed by atoms with E-state index in [1.54, 1.807) is 0 Å². The highest BCUT2D eigenvalue weighted by Crippen LogP contribution is 2.55. The molecule has 2 N–H and O–H groups in total. The van der Waals surface area contributed by atoms with Crippen LogP contribution in [0.5, 0.6) is 0 Å². The van der Waals surface area contributed by atoms with Crippen LogP contribution in [0.2, 0.25) is 0 Å². The van der Waals surface area contributed by atoms with Crippen molar-refractivity contribution < 1.29 is 4.79 Å². The summed E-state index contributed by atoms with van der Waals surface area (Å²) in [7, 11) is 0. The Hall–Kier alpha value is -0.990. The fourth-order valence-electron chi connectivity index (χ4n) is 5.38. The molecule has 0 spiro atoms. The molecule has 5 fully saturated rings. The average molecular weight is 274 g/mol. The molecule has 0 aromatic carbocycles. The fraction of sp³-hybridized carbons (Fsp3) is 0.824. The molecule has 0 aliphatic heterocycles. The number of urea groups is 1. The topological polar surface area (TPSA) is 41.1 Å². The lowest BCUT2D eigenvalue weighted by molar-refractivity contribution is -0.0133. The van der Waals surface area contributed by atoms with Crippen molar-refractivity contribution in [1.29, 1.82) is 0 Å². The van der Waals surface area contributed by atoms with E-state index >= 15 is 0 Å². The number of nitrogens with one attached hydrogen (secondary N) is 2. The third-order valence-corrected chi connectivity index (χ3v) is 6.07. The molecule has 5 saturated carbocycles. The molecule has 0 aromatic rings. The molecule has 0 radical (unpaired) electrons. The van der Waals surface area contributed by atoms with Crippen LogP contribution in [0.3, 0.4) is 0 Å². The highest BCUT2D eigenvalue weighted by Gasteiger charge is 2.51. The second-order valence-corrected chi connectivity index (χ2v) is 7.96. The zero-order chi connectivity index (χ0) is 13.7. The van der Waals surface area contributed by atoms with Crippen LogP contribution in [0.15, 0.2) is 11.8 Å². The van der Waals surface area contributed by atoms with Gasteiger partial charge in [0.25, 0.3) is 0 Å². The van der Waals surface area contributed by atoms with Gasteiger partial charge in [0, 0.05) is 11.7 Å². The maximum absolute atomic E-state index is 12.2. The minimum Gasteiger partial charge on any atom is -0.332 e. The third-order valence-electron chi connectivity index (χ3n) is 6.07. The van der Waals surface area contributed by atoms with Crippen LogP contribution in [0.4, 0.5) is 4.79 Å². The Morgan fingerprint density at radius 2 is 1.60 bits per heavy atom. The van der Waals surface area contributed by atoms with E-state index in [9.17, 15) is 4.79 Å². The molecule has 3 nitrogen and oxygen atoms in total. The molecule has 5 aliphatic carbocycles. The summed E-state index contributed by atoms with van der Waals surface area (Å²) in [4.78, 5) is 12.2. The standard InChI is InChI=1S/C17H26N2O/c1-11(15-2-3-15)10-18-16(20)19-17-7-12-4-13(8-17)6-14(5-12)9-17/h10,12-15H,2-9H2,1H3,(H2,18,19,20)/b11-10+. The first kappa shape index (κ1) is 12.7. The Kier molecular flexibility index (Phi) is 2.87. The van der Waals surface area contributed by atoms with Crippen molar-refractivity contribution in [3.63, 3.8) is 0 Å². The maximum atomic E-state index is 12.2. The van der Waals surface area contributed by atoms with Gasteiger partial charge in [0.05, 0.1) is 0 Å². The molecule has 5 rings (SSSR count). The summed E-state index contributed by atoms with van der Waals surface area (Å²) in [5.74, 6) is 3.37. The Labute approximate surface area is 121 Å². The highest BCUT2D eigenvalue weighted by atomic mass is 16.2. The zero-order valence-corrected chi connectivity index (χ0v) is 12.5. The van der Waals surface area contributed by atoms with Crippen LogP contribution in [0.1, 0.15) is 58.3 Å². The minimum absolute atomic E-state index is 0.0203. The summed E-state index contributed by atoms with van der Waals surface area (Å²) in [6.07, 6.45) is 12.4. The summed E-state index contributed by atoms with van der Waals surface area (Å²) in [6, 6.07) is 0.0203. The first-order valence-corrected chi connectivity index (χ1v) is 8.37. The van der Waals surface area contributed by atoms with Gasteiger partial charge in [-0.1, -0.05) is 5.57 Å². The monoisotopic (exact) mass is 274 g/mol. The van der Waals surface area contributed by atoms with Gasteiger partial charge in [-0.15, -0.1) is 0 Å². The van der Waals surface area contributed by atoms with Crippen molar-refractivity contribution in [2.24, 2.45) is 23.7 Å². The fourth-order valence-corrected chi connectivity index (χ4v) is 5.38. The van der Waals surface area contributed by atoms with Crippen LogP contribution in [-0.4, -0.2) is 11.6 Å². The van der Waals surface area contributed by atoms with Crippen LogP contribution >= 0.6 is 0 Å². The molecule has 5 aliphatic rings. The summed E-state index contributed by atoms with van der Waals surface area (Å²) in [6.45, 7) is 2.13. The molecule has 4 bridgehead atoms. The van der Waals surface area contributed by atoms with Gasteiger partial charge in [0.2, 0.25) is 0 Å². The normalized spacial score (nSPS) is 42.6. The number of amides is 2. The van der Waals surface area contributed by atoms with Crippen molar-refractivity contribution in [2.45, 2.75) is 63.8 Å². The van der Waals surface area contributed by atoms with Crippen molar-refractivity contribution >= 4 is 6.03 Å². The number of hydrogen-bond donors (Lipinski definition) is 2. The molecule has 20 heavy (non-hydrogen) atoms. The van der Waals surface area contributed by atoms with Crippen LogP contribution in [0.25, 0.3) is 0 Å². The summed E-state index contributed by atoms with van der Waals surface area (Å²) in [5.41, 5.74) is 1.45. The van der Waals surface area contributed by atoms with Gasteiger partial charge < -0.3 is 10.6 Å². The zero-order valence-electron chi connectivity index (χ0n) is 12.5. The van der Waals surface area contributed by atoms with E-state index in [1.807, 2.05) is 6.20 Å². The molecule has 0 aromatic heterocycles. The lowest BCUT2D eigenvalue weighted by Crippen LogP contribution is -2.61. The van der Waals surface area contributed by atoms with E-state index in [4.69, 9.17) is 0 Å². The van der Waals surface area contributed by atoms with Crippen LogP contribution < -0.4 is 10.6 Å². The summed E-state index contributed by atoms with van der Waals surface area (Å²) >= 11 is 0. The Bertz CT molecular complexity index is 415. The molecule has 3 heteroatoms. The summed E-state index contributed by atoms with van der Waals surface area (Å²) < 4.78 is 0. The number of carbonyl (C=O) groups is 1. The second-order valence-electron chi connectivity index (χ2n) is 7.96. The SMILES string of the molecule is C/C(=C\NC(=O)NC12CC3CC(CC(C3)C1)C2)C1CC1. The first-order chi connectivity index (χ1) is 9.62. The van der Waals surface area contributed by atoms with Gasteiger partial charge in [0.1, 0.15) is 0 Å². The third kappa shape index (κ3) is 2.36. The molecule has 0 heterocycles. The van der Waals surface area contributed by atoms with E-state index in [0.717, 1.165) is 23.7 Å². The van der Waals surface area contributed by atoms with E-state index in [-0.39, 0.29) is 11.6 Å². The van der Waals surface area contributed by atoms with Crippen molar-refractivity contribution in [3.05, 3.63) is 11.8 Å². The number of rotatable bonds is 3. The molecular weight excluding hydrogens is 248 g/mol. The van der Waals surface area contributed by atoms with Gasteiger partial charge in [-0.05, 0) is 82.0 Å². The van der Waals surface area contributed by atoms with E-state index in [1.165, 1.54) is 56.9 Å². The van der Waals surface area contributed by atoms with E-state index < -0.39 is 0 Å². The lowest BCUT2D eigenvalue weighted by atomic mass is 9.53. The second kappa shape index (κ2) is 4.51. The Balaban J connectivity index is 1.38. The van der Waals surface area contributed by atoms with Gasteiger partial charge in [-0.25, -0.2) is 4.79 Å². The quantitative estimate of drug-likeness (QED) is 0.811. The predicted molar refractivity (Wildman–Crippen MR) is 79.1 cm³/mol. The maximum Gasteiger partial charge on any atom is 0.319 e. The molecular formula is C17H26N2O. The van der Waals surface area contributed by atoms with E-state index in [0.29, 0.717) is 0 Å². The lowest BCUT2D eigenvalue weighted by Gasteiger charge is -2.56. The highest BCUT2D eigenvalue weighted by molar-refractivity contribution is 5.76. The largest absolute Gasteiger partial charge is 0.332 e. The van der Waals surface area contributed by atoms with E-state index in [2.05, 4.69) is 17.6 Å². The number of hydrogen-bond acceptors (Lipinski definition) is 1. The minimum atomic E-state index is 0.0203. The number of allylic oxidation sites excluding steroid dienone is 1. The van der Waals surface area contributed by atoms with Gasteiger partial charge >= 0.3 is 6.03 Å². The molecule has 0 unspecified atom stereocenters. The molecule has 2 amide bonds. The van der Waals surface area contributed by atoms with Gasteiger partial charge in [-0.2, -0.15) is 0 Å².